The monoisotopic (exact) mass is 388 g/mol. The summed E-state index contributed by atoms with van der Waals surface area (Å²) >= 11 is 0. The van der Waals surface area contributed by atoms with E-state index in [1.165, 1.54) is 0 Å². The largest absolute Gasteiger partial charge is 0.492 e. The Bertz CT molecular complexity index is 1050. The maximum Gasteiger partial charge on any atom is 0.335 e. The van der Waals surface area contributed by atoms with Gasteiger partial charge in [0.05, 0.1) is 17.7 Å². The van der Waals surface area contributed by atoms with Crippen LogP contribution in [-0.4, -0.2) is 23.5 Å². The molecule has 3 aromatic rings. The zero-order valence-electron chi connectivity index (χ0n) is 15.9. The number of ether oxygens (including phenoxy) is 2. The molecule has 1 atom stereocenters. The molecule has 146 valence electrons. The predicted molar refractivity (Wildman–Crippen MR) is 108 cm³/mol. The first-order chi connectivity index (χ1) is 14.0. The molecule has 0 spiro atoms. The van der Waals surface area contributed by atoms with Crippen LogP contribution in [0.25, 0.3) is 0 Å². The van der Waals surface area contributed by atoms with E-state index < -0.39 is 12.1 Å². The van der Waals surface area contributed by atoms with Crippen LogP contribution in [0.5, 0.6) is 11.5 Å². The van der Waals surface area contributed by atoms with E-state index >= 15 is 0 Å². The number of hydrogen-bond acceptors (Lipinski definition) is 4. The summed E-state index contributed by atoms with van der Waals surface area (Å²) in [5, 5.41) is 9.16. The van der Waals surface area contributed by atoms with Crippen molar-refractivity contribution in [1.82, 2.24) is 0 Å². The summed E-state index contributed by atoms with van der Waals surface area (Å²) in [6.07, 6.45) is -0.0510. The Morgan fingerprint density at radius 1 is 1.00 bits per heavy atom. The molecule has 0 saturated heterocycles. The van der Waals surface area contributed by atoms with Crippen molar-refractivity contribution in [3.8, 4) is 11.5 Å². The summed E-state index contributed by atoms with van der Waals surface area (Å²) in [7, 11) is 0. The van der Waals surface area contributed by atoms with Crippen molar-refractivity contribution in [1.29, 1.82) is 0 Å². The van der Waals surface area contributed by atoms with Gasteiger partial charge in [0.2, 0.25) is 0 Å². The number of hydrogen-bond donors (Lipinski definition) is 1. The smallest absolute Gasteiger partial charge is 0.335 e. The van der Waals surface area contributed by atoms with E-state index in [9.17, 15) is 9.59 Å². The highest BCUT2D eigenvalue weighted by molar-refractivity contribution is 6.00. The lowest BCUT2D eigenvalue weighted by molar-refractivity contribution is 0.0696. The number of aromatic carboxylic acids is 1. The van der Waals surface area contributed by atoms with E-state index in [-0.39, 0.29) is 11.3 Å². The van der Waals surface area contributed by atoms with Gasteiger partial charge in [-0.15, -0.1) is 0 Å². The van der Waals surface area contributed by atoms with Crippen molar-refractivity contribution in [2.45, 2.75) is 19.4 Å². The van der Waals surface area contributed by atoms with Gasteiger partial charge < -0.3 is 14.6 Å². The fourth-order valence-corrected chi connectivity index (χ4v) is 3.47. The quantitative estimate of drug-likeness (QED) is 0.678. The summed E-state index contributed by atoms with van der Waals surface area (Å²) in [5.74, 6) is 0.298. The van der Waals surface area contributed by atoms with Crippen LogP contribution in [0, 0.1) is 6.92 Å². The number of rotatable bonds is 5. The average Bonchev–Trinajstić information content (AvgIpc) is 2.74. The molecule has 0 saturated carbocycles. The van der Waals surface area contributed by atoms with Crippen molar-refractivity contribution >= 4 is 11.8 Å². The summed E-state index contributed by atoms with van der Waals surface area (Å²) in [4.78, 5) is 23.3. The summed E-state index contributed by atoms with van der Waals surface area (Å²) < 4.78 is 12.1. The first-order valence-corrected chi connectivity index (χ1v) is 9.39. The number of Topliss-reactive ketones (excluding diaryl/α,β-unsaturated/α-hetero) is 1. The van der Waals surface area contributed by atoms with Crippen LogP contribution >= 0.6 is 0 Å². The van der Waals surface area contributed by atoms with Gasteiger partial charge in [0.1, 0.15) is 17.6 Å². The van der Waals surface area contributed by atoms with Gasteiger partial charge in [-0.05, 0) is 42.3 Å². The highest BCUT2D eigenvalue weighted by atomic mass is 16.5. The first-order valence-electron chi connectivity index (χ1n) is 9.39. The molecule has 0 amide bonds. The van der Waals surface area contributed by atoms with Gasteiger partial charge in [0, 0.05) is 12.0 Å². The Kier molecular flexibility index (Phi) is 5.04. The van der Waals surface area contributed by atoms with Crippen LogP contribution in [0.2, 0.25) is 0 Å². The SMILES string of the molecule is Cc1c(O[C@@H](c2ccccc2)c2ccc(C(=O)O)cc2)ccc2c1OCCC2=O. The number of carboxylic acids is 1. The Balaban J connectivity index is 1.73. The lowest BCUT2D eigenvalue weighted by atomic mass is 9.99. The standard InChI is InChI=1S/C24H20O5/c1-15-21(12-11-19-20(25)13-14-28-22(15)19)29-23(16-5-3-2-4-6-16)17-7-9-18(10-8-17)24(26)27/h2-12,23H,13-14H2,1H3,(H,26,27)/t23-/m0/s1. The molecule has 0 aliphatic carbocycles. The molecule has 1 aliphatic rings. The second kappa shape index (κ2) is 7.80. The zero-order chi connectivity index (χ0) is 20.4. The van der Waals surface area contributed by atoms with Crippen LogP contribution in [0.3, 0.4) is 0 Å². The van der Waals surface area contributed by atoms with Crippen LogP contribution in [0.1, 0.15) is 49.9 Å². The lowest BCUT2D eigenvalue weighted by Gasteiger charge is -2.24. The van der Waals surface area contributed by atoms with Crippen molar-refractivity contribution in [3.05, 3.63) is 94.5 Å². The van der Waals surface area contributed by atoms with E-state index in [0.717, 1.165) is 16.7 Å². The topological polar surface area (TPSA) is 72.8 Å². The fourth-order valence-electron chi connectivity index (χ4n) is 3.47. The number of carboxylic acid groups (broad SMARTS) is 1. The number of ketones is 1. The maximum absolute atomic E-state index is 12.1. The number of fused-ring (bicyclic) bond motifs is 1. The van der Waals surface area contributed by atoms with Crippen LogP contribution in [-0.2, 0) is 0 Å². The van der Waals surface area contributed by atoms with Crippen molar-refractivity contribution in [2.24, 2.45) is 0 Å². The number of benzene rings is 3. The van der Waals surface area contributed by atoms with E-state index in [0.29, 0.717) is 30.1 Å². The molecule has 5 nitrogen and oxygen atoms in total. The highest BCUT2D eigenvalue weighted by Gasteiger charge is 2.24. The zero-order valence-corrected chi connectivity index (χ0v) is 15.9. The Morgan fingerprint density at radius 2 is 1.69 bits per heavy atom. The minimum atomic E-state index is -0.971. The molecule has 3 aromatic carbocycles. The van der Waals surface area contributed by atoms with Gasteiger partial charge in [-0.25, -0.2) is 4.79 Å². The van der Waals surface area contributed by atoms with E-state index in [1.54, 1.807) is 36.4 Å². The van der Waals surface area contributed by atoms with Gasteiger partial charge in [-0.3, -0.25) is 4.79 Å². The van der Waals surface area contributed by atoms with E-state index in [2.05, 4.69) is 0 Å². The molecule has 1 heterocycles. The second-order valence-corrected chi connectivity index (χ2v) is 6.92. The highest BCUT2D eigenvalue weighted by Crippen LogP contribution is 2.38. The van der Waals surface area contributed by atoms with E-state index in [1.807, 2.05) is 37.3 Å². The first kappa shape index (κ1) is 18.7. The molecular weight excluding hydrogens is 368 g/mol. The molecule has 4 rings (SSSR count). The van der Waals surface area contributed by atoms with Crippen molar-refractivity contribution in [2.75, 3.05) is 6.61 Å². The molecule has 0 unspecified atom stereocenters. The molecule has 1 aliphatic heterocycles. The molecule has 29 heavy (non-hydrogen) atoms. The van der Waals surface area contributed by atoms with Crippen LogP contribution < -0.4 is 9.47 Å². The Morgan fingerprint density at radius 3 is 2.38 bits per heavy atom. The average molecular weight is 388 g/mol. The summed E-state index contributed by atoms with van der Waals surface area (Å²) in [6.45, 7) is 2.25. The summed E-state index contributed by atoms with van der Waals surface area (Å²) in [5.41, 5.74) is 3.35. The van der Waals surface area contributed by atoms with Crippen LogP contribution in [0.4, 0.5) is 0 Å². The third-order valence-electron chi connectivity index (χ3n) is 5.04. The van der Waals surface area contributed by atoms with Gasteiger partial charge in [0.15, 0.2) is 5.78 Å². The van der Waals surface area contributed by atoms with Crippen molar-refractivity contribution in [3.63, 3.8) is 0 Å². The molecule has 1 N–H and O–H groups in total. The molecule has 0 radical (unpaired) electrons. The third-order valence-corrected chi connectivity index (χ3v) is 5.04. The minimum absolute atomic E-state index is 0.0739. The predicted octanol–water partition coefficient (Wildman–Crippen LogP) is 4.83. The molecule has 0 aromatic heterocycles. The normalized spacial score (nSPS) is 13.9. The molecule has 0 fully saturated rings. The Hall–Kier alpha value is -3.60. The van der Waals surface area contributed by atoms with Crippen molar-refractivity contribution < 1.29 is 24.2 Å². The van der Waals surface area contributed by atoms with Gasteiger partial charge >= 0.3 is 5.97 Å². The molecule has 5 heteroatoms. The minimum Gasteiger partial charge on any atom is -0.492 e. The fraction of sp³-hybridized carbons (Fsp3) is 0.167. The number of carbonyl (C=O) groups excluding carboxylic acids is 1. The second-order valence-electron chi connectivity index (χ2n) is 6.92. The lowest BCUT2D eigenvalue weighted by Crippen LogP contribution is -2.17. The van der Waals surface area contributed by atoms with Gasteiger partial charge in [-0.2, -0.15) is 0 Å². The molecule has 0 bridgehead atoms. The van der Waals surface area contributed by atoms with E-state index in [4.69, 9.17) is 14.6 Å². The third kappa shape index (κ3) is 3.72. The van der Waals surface area contributed by atoms with Crippen LogP contribution in [0.15, 0.2) is 66.7 Å². The summed E-state index contributed by atoms with van der Waals surface area (Å²) in [6, 6.07) is 19.9. The van der Waals surface area contributed by atoms with Gasteiger partial charge in [0.25, 0.3) is 0 Å². The number of carbonyl (C=O) groups is 2. The van der Waals surface area contributed by atoms with Gasteiger partial charge in [-0.1, -0.05) is 42.5 Å². The molecular formula is C24H20O5. The maximum atomic E-state index is 12.1. The Labute approximate surface area is 168 Å².